The molecular formula is C18H15FN4O. The van der Waals surface area contributed by atoms with Crippen molar-refractivity contribution < 1.29 is 9.13 Å². The highest BCUT2D eigenvalue weighted by atomic mass is 19.1. The van der Waals surface area contributed by atoms with Crippen molar-refractivity contribution in [1.82, 2.24) is 10.2 Å². The highest BCUT2D eigenvalue weighted by Crippen LogP contribution is 2.35. The number of nitrogens with two attached hydrogens (primary N) is 1. The van der Waals surface area contributed by atoms with E-state index in [0.29, 0.717) is 51.7 Å². The molecule has 6 heteroatoms. The second kappa shape index (κ2) is 5.53. The molecule has 1 fully saturated rings. The molecule has 0 saturated heterocycles. The molecule has 0 aliphatic heterocycles. The Labute approximate surface area is 137 Å². The van der Waals surface area contributed by atoms with Crippen LogP contribution in [0.1, 0.15) is 18.4 Å². The van der Waals surface area contributed by atoms with E-state index in [9.17, 15) is 9.65 Å². The molecule has 0 bridgehead atoms. The summed E-state index contributed by atoms with van der Waals surface area (Å²) in [7, 11) is 0. The summed E-state index contributed by atoms with van der Waals surface area (Å²) in [6.07, 6.45) is 2.32. The number of H-pyrrole nitrogens is 1. The van der Waals surface area contributed by atoms with Crippen molar-refractivity contribution in [2.75, 3.05) is 12.3 Å². The number of anilines is 1. The maximum atomic E-state index is 14.2. The number of hydrogen-bond donors (Lipinski definition) is 2. The Kier molecular flexibility index (Phi) is 3.35. The Morgan fingerprint density at radius 2 is 2.17 bits per heavy atom. The van der Waals surface area contributed by atoms with Crippen LogP contribution in [-0.4, -0.2) is 16.8 Å². The maximum absolute atomic E-state index is 14.2. The molecule has 3 N–H and O–H groups in total. The van der Waals surface area contributed by atoms with Crippen LogP contribution in [0.15, 0.2) is 30.3 Å². The van der Waals surface area contributed by atoms with Crippen LogP contribution >= 0.6 is 0 Å². The van der Waals surface area contributed by atoms with Gasteiger partial charge >= 0.3 is 0 Å². The van der Waals surface area contributed by atoms with Crippen molar-refractivity contribution >= 4 is 16.6 Å². The van der Waals surface area contributed by atoms with Gasteiger partial charge in [-0.25, -0.2) is 4.39 Å². The first kappa shape index (κ1) is 14.5. The first-order chi connectivity index (χ1) is 11.7. The van der Waals surface area contributed by atoms with Crippen LogP contribution in [0, 0.1) is 23.1 Å². The van der Waals surface area contributed by atoms with Crippen LogP contribution in [0.2, 0.25) is 0 Å². The smallest absolute Gasteiger partial charge is 0.137 e. The lowest BCUT2D eigenvalue weighted by Crippen LogP contribution is -2.00. The maximum Gasteiger partial charge on any atom is 0.137 e. The van der Waals surface area contributed by atoms with E-state index < -0.39 is 5.82 Å². The van der Waals surface area contributed by atoms with Gasteiger partial charge in [0.15, 0.2) is 0 Å². The second-order valence-corrected chi connectivity index (χ2v) is 6.07. The van der Waals surface area contributed by atoms with Gasteiger partial charge in [0.25, 0.3) is 0 Å². The van der Waals surface area contributed by atoms with Crippen LogP contribution in [0.3, 0.4) is 0 Å². The SMILES string of the molecule is N#Cc1cc2[nH]nc(-c3cc(N)ccc3F)c2cc1OCC1CC1. The first-order valence-electron chi connectivity index (χ1n) is 7.76. The summed E-state index contributed by atoms with van der Waals surface area (Å²) in [4.78, 5) is 0. The van der Waals surface area contributed by atoms with Gasteiger partial charge in [0.2, 0.25) is 0 Å². The van der Waals surface area contributed by atoms with Crippen molar-refractivity contribution in [3.63, 3.8) is 0 Å². The predicted octanol–water partition coefficient (Wildman–Crippen LogP) is 3.61. The third-order valence-electron chi connectivity index (χ3n) is 4.20. The average Bonchev–Trinajstić information content (AvgIpc) is 3.33. The minimum Gasteiger partial charge on any atom is -0.492 e. The Bertz CT molecular complexity index is 969. The van der Waals surface area contributed by atoms with Crippen molar-refractivity contribution in [1.29, 1.82) is 5.26 Å². The van der Waals surface area contributed by atoms with Gasteiger partial charge < -0.3 is 10.5 Å². The number of nitrogens with zero attached hydrogens (tertiary/aromatic N) is 2. The molecule has 1 aliphatic carbocycles. The summed E-state index contributed by atoms with van der Waals surface area (Å²) in [6.45, 7) is 0.597. The number of hydrogen-bond acceptors (Lipinski definition) is 4. The number of ether oxygens (including phenoxy) is 1. The molecule has 2 aromatic carbocycles. The summed E-state index contributed by atoms with van der Waals surface area (Å²) in [5.74, 6) is 0.675. The molecule has 1 aliphatic rings. The number of aromatic amines is 1. The summed E-state index contributed by atoms with van der Waals surface area (Å²) >= 11 is 0. The zero-order valence-electron chi connectivity index (χ0n) is 12.8. The highest BCUT2D eigenvalue weighted by molar-refractivity contribution is 5.95. The van der Waals surface area contributed by atoms with Crippen molar-refractivity contribution in [3.8, 4) is 23.1 Å². The normalized spacial score (nSPS) is 13.8. The van der Waals surface area contributed by atoms with Crippen LogP contribution in [0.4, 0.5) is 10.1 Å². The van der Waals surface area contributed by atoms with Gasteiger partial charge in [-0.1, -0.05) is 0 Å². The number of nitriles is 1. The lowest BCUT2D eigenvalue weighted by molar-refractivity contribution is 0.299. The molecule has 0 amide bonds. The average molecular weight is 322 g/mol. The number of halogens is 1. The number of aromatic nitrogens is 2. The first-order valence-corrected chi connectivity index (χ1v) is 7.76. The Morgan fingerprint density at radius 3 is 2.92 bits per heavy atom. The molecule has 0 unspecified atom stereocenters. The zero-order chi connectivity index (χ0) is 16.7. The van der Waals surface area contributed by atoms with E-state index in [4.69, 9.17) is 10.5 Å². The Hall–Kier alpha value is -3.07. The van der Waals surface area contributed by atoms with E-state index in [1.165, 1.54) is 12.1 Å². The number of fused-ring (bicyclic) bond motifs is 1. The Balaban J connectivity index is 1.83. The fourth-order valence-corrected chi connectivity index (χ4v) is 2.67. The standard InChI is InChI=1S/C18H15FN4O/c19-15-4-3-12(21)6-13(15)18-14-7-17(24-9-10-1-2-10)11(8-20)5-16(14)22-23-18/h3-7,10H,1-2,9,21H2,(H,22,23). The van der Waals surface area contributed by atoms with E-state index in [-0.39, 0.29) is 0 Å². The number of nitrogens with one attached hydrogen (secondary N) is 1. The molecule has 1 saturated carbocycles. The van der Waals surface area contributed by atoms with Gasteiger partial charge in [-0.3, -0.25) is 5.10 Å². The number of benzene rings is 2. The summed E-state index contributed by atoms with van der Waals surface area (Å²) in [6, 6.07) is 9.93. The van der Waals surface area contributed by atoms with Crippen LogP contribution < -0.4 is 10.5 Å². The molecule has 24 heavy (non-hydrogen) atoms. The van der Waals surface area contributed by atoms with Gasteiger partial charge in [0.05, 0.1) is 17.7 Å². The lowest BCUT2D eigenvalue weighted by Gasteiger charge is -2.08. The van der Waals surface area contributed by atoms with Crippen molar-refractivity contribution in [2.45, 2.75) is 12.8 Å². The molecule has 0 radical (unpaired) electrons. The monoisotopic (exact) mass is 322 g/mol. The molecule has 3 aromatic rings. The molecule has 0 spiro atoms. The topological polar surface area (TPSA) is 87.7 Å². The largest absolute Gasteiger partial charge is 0.492 e. The van der Waals surface area contributed by atoms with Crippen LogP contribution in [0.25, 0.3) is 22.2 Å². The van der Waals surface area contributed by atoms with Gasteiger partial charge in [0.1, 0.15) is 23.3 Å². The molecule has 1 heterocycles. The van der Waals surface area contributed by atoms with E-state index in [1.807, 2.05) is 0 Å². The minimum atomic E-state index is -0.401. The predicted molar refractivity (Wildman–Crippen MR) is 88.8 cm³/mol. The summed E-state index contributed by atoms with van der Waals surface area (Å²) < 4.78 is 20.0. The molecule has 4 rings (SSSR count). The molecule has 5 nitrogen and oxygen atoms in total. The van der Waals surface area contributed by atoms with E-state index in [1.54, 1.807) is 18.2 Å². The van der Waals surface area contributed by atoms with Crippen LogP contribution in [-0.2, 0) is 0 Å². The molecule has 1 aromatic heterocycles. The van der Waals surface area contributed by atoms with Gasteiger partial charge in [0, 0.05) is 16.6 Å². The third-order valence-corrected chi connectivity index (χ3v) is 4.20. The number of nitrogen functional groups attached to an aromatic ring is 1. The van der Waals surface area contributed by atoms with Crippen molar-refractivity contribution in [3.05, 3.63) is 41.7 Å². The van der Waals surface area contributed by atoms with Crippen LogP contribution in [0.5, 0.6) is 5.75 Å². The fourth-order valence-electron chi connectivity index (χ4n) is 2.67. The van der Waals surface area contributed by atoms with Crippen molar-refractivity contribution in [2.24, 2.45) is 5.92 Å². The summed E-state index contributed by atoms with van der Waals surface area (Å²) in [5, 5.41) is 17.1. The molecule has 120 valence electrons. The lowest BCUT2D eigenvalue weighted by atomic mass is 10.0. The number of rotatable bonds is 4. The Morgan fingerprint density at radius 1 is 1.33 bits per heavy atom. The van der Waals surface area contributed by atoms with E-state index >= 15 is 0 Å². The van der Waals surface area contributed by atoms with Gasteiger partial charge in [-0.2, -0.15) is 10.4 Å². The highest BCUT2D eigenvalue weighted by Gasteiger charge is 2.23. The van der Waals surface area contributed by atoms with Gasteiger partial charge in [-0.05, 0) is 49.1 Å². The van der Waals surface area contributed by atoms with Gasteiger partial charge in [-0.15, -0.1) is 0 Å². The fraction of sp³-hybridized carbons (Fsp3) is 0.222. The zero-order valence-corrected chi connectivity index (χ0v) is 12.8. The molecule has 0 atom stereocenters. The quantitative estimate of drug-likeness (QED) is 0.718. The molecular weight excluding hydrogens is 307 g/mol. The van der Waals surface area contributed by atoms with E-state index in [2.05, 4.69) is 16.3 Å². The second-order valence-electron chi connectivity index (χ2n) is 6.07. The third kappa shape index (κ3) is 2.54. The summed E-state index contributed by atoms with van der Waals surface area (Å²) in [5.41, 5.74) is 8.09. The minimum absolute atomic E-state index is 0.319. The van der Waals surface area contributed by atoms with E-state index in [0.717, 1.165) is 12.8 Å².